The highest BCUT2D eigenvalue weighted by Crippen LogP contribution is 2.32. The van der Waals surface area contributed by atoms with Crippen LogP contribution in [0.25, 0.3) is 0 Å². The van der Waals surface area contributed by atoms with Crippen molar-refractivity contribution in [2.45, 2.75) is 39.3 Å². The zero-order chi connectivity index (χ0) is 14.6. The van der Waals surface area contributed by atoms with Gasteiger partial charge in [0.15, 0.2) is 0 Å². The van der Waals surface area contributed by atoms with Gasteiger partial charge in [0.25, 0.3) is 0 Å². The lowest BCUT2D eigenvalue weighted by Crippen LogP contribution is -2.42. The standard InChI is InChI=1S/C16H22N2O/c1-6-9-18(16(3,4)5)15-10-13(11-17)7-8-14(15)12(2)19/h6-8,10,12,19H,1,9H2,2-5H3/t12-/m0/s1. The molecule has 0 saturated heterocycles. The third kappa shape index (κ3) is 3.59. The smallest absolute Gasteiger partial charge is 0.0992 e. The van der Waals surface area contributed by atoms with Gasteiger partial charge < -0.3 is 10.0 Å². The van der Waals surface area contributed by atoms with E-state index < -0.39 is 6.10 Å². The number of nitrogens with zero attached hydrogens (tertiary/aromatic N) is 2. The molecule has 0 bridgehead atoms. The van der Waals surface area contributed by atoms with Crippen LogP contribution >= 0.6 is 0 Å². The maximum Gasteiger partial charge on any atom is 0.0992 e. The number of hydrogen-bond acceptors (Lipinski definition) is 3. The summed E-state index contributed by atoms with van der Waals surface area (Å²) in [4.78, 5) is 2.14. The number of aliphatic hydroxyl groups excluding tert-OH is 1. The fourth-order valence-corrected chi connectivity index (χ4v) is 2.06. The van der Waals surface area contributed by atoms with E-state index in [0.29, 0.717) is 12.1 Å². The van der Waals surface area contributed by atoms with Crippen molar-refractivity contribution in [3.63, 3.8) is 0 Å². The molecule has 1 N–H and O–H groups in total. The van der Waals surface area contributed by atoms with Crippen molar-refractivity contribution in [1.29, 1.82) is 5.26 Å². The minimum absolute atomic E-state index is 0.119. The molecule has 0 aliphatic heterocycles. The van der Waals surface area contributed by atoms with Gasteiger partial charge in [-0.15, -0.1) is 6.58 Å². The van der Waals surface area contributed by atoms with Gasteiger partial charge in [0.05, 0.1) is 17.7 Å². The highest BCUT2D eigenvalue weighted by molar-refractivity contribution is 5.60. The van der Waals surface area contributed by atoms with E-state index in [-0.39, 0.29) is 5.54 Å². The summed E-state index contributed by atoms with van der Waals surface area (Å²) < 4.78 is 0. The quantitative estimate of drug-likeness (QED) is 0.842. The number of hydrogen-bond donors (Lipinski definition) is 1. The van der Waals surface area contributed by atoms with Gasteiger partial charge in [0, 0.05) is 23.3 Å². The highest BCUT2D eigenvalue weighted by Gasteiger charge is 2.24. The number of anilines is 1. The van der Waals surface area contributed by atoms with Crippen LogP contribution in [0.4, 0.5) is 5.69 Å². The van der Waals surface area contributed by atoms with Crippen molar-refractivity contribution in [2.75, 3.05) is 11.4 Å². The first-order valence-electron chi connectivity index (χ1n) is 6.42. The molecule has 1 aromatic carbocycles. The third-order valence-corrected chi connectivity index (χ3v) is 3.02. The first kappa shape index (κ1) is 15.3. The predicted octanol–water partition coefficient (Wildman–Crippen LogP) is 3.40. The van der Waals surface area contributed by atoms with Gasteiger partial charge in [-0.25, -0.2) is 0 Å². The van der Waals surface area contributed by atoms with Gasteiger partial charge in [-0.3, -0.25) is 0 Å². The van der Waals surface area contributed by atoms with Crippen LogP contribution < -0.4 is 4.90 Å². The topological polar surface area (TPSA) is 47.3 Å². The average molecular weight is 258 g/mol. The molecular weight excluding hydrogens is 236 g/mol. The SMILES string of the molecule is C=CCN(c1cc(C#N)ccc1[C@H](C)O)C(C)(C)C. The summed E-state index contributed by atoms with van der Waals surface area (Å²) in [7, 11) is 0. The molecule has 0 aliphatic rings. The second kappa shape index (κ2) is 5.90. The lowest BCUT2D eigenvalue weighted by Gasteiger charge is -2.38. The highest BCUT2D eigenvalue weighted by atomic mass is 16.3. The molecule has 3 heteroatoms. The first-order valence-corrected chi connectivity index (χ1v) is 6.42. The van der Waals surface area contributed by atoms with Gasteiger partial charge in [0.2, 0.25) is 0 Å². The largest absolute Gasteiger partial charge is 0.389 e. The second-order valence-electron chi connectivity index (χ2n) is 5.63. The Bertz CT molecular complexity index is 492. The van der Waals surface area contributed by atoms with E-state index in [1.165, 1.54) is 0 Å². The Hall–Kier alpha value is -1.79. The maximum absolute atomic E-state index is 9.92. The van der Waals surface area contributed by atoms with Gasteiger partial charge in [0.1, 0.15) is 0 Å². The van der Waals surface area contributed by atoms with E-state index in [1.54, 1.807) is 13.0 Å². The zero-order valence-corrected chi connectivity index (χ0v) is 12.1. The molecule has 0 unspecified atom stereocenters. The normalized spacial score (nSPS) is 12.6. The van der Waals surface area contributed by atoms with E-state index >= 15 is 0 Å². The van der Waals surface area contributed by atoms with Crippen molar-refractivity contribution < 1.29 is 5.11 Å². The van der Waals surface area contributed by atoms with Gasteiger partial charge >= 0.3 is 0 Å². The molecule has 0 aliphatic carbocycles. The summed E-state index contributed by atoms with van der Waals surface area (Å²) in [6.07, 6.45) is 1.26. The lowest BCUT2D eigenvalue weighted by atomic mass is 9.99. The first-order chi connectivity index (χ1) is 8.81. The number of benzene rings is 1. The van der Waals surface area contributed by atoms with Crippen molar-refractivity contribution in [2.24, 2.45) is 0 Å². The van der Waals surface area contributed by atoms with Crippen molar-refractivity contribution in [3.8, 4) is 6.07 Å². The molecule has 19 heavy (non-hydrogen) atoms. The summed E-state index contributed by atoms with van der Waals surface area (Å²) in [5.41, 5.74) is 2.20. The van der Waals surface area contributed by atoms with Crippen molar-refractivity contribution >= 4 is 5.69 Å². The molecule has 0 fully saturated rings. The molecular formula is C16H22N2O. The van der Waals surface area contributed by atoms with E-state index in [0.717, 1.165) is 11.3 Å². The van der Waals surface area contributed by atoms with Crippen LogP contribution in [0.15, 0.2) is 30.9 Å². The Balaban J connectivity index is 3.42. The molecule has 1 rings (SSSR count). The Morgan fingerprint density at radius 1 is 1.47 bits per heavy atom. The van der Waals surface area contributed by atoms with E-state index in [2.05, 4.69) is 38.3 Å². The van der Waals surface area contributed by atoms with Gasteiger partial charge in [-0.05, 0) is 39.8 Å². The summed E-state index contributed by atoms with van der Waals surface area (Å²) in [6.45, 7) is 12.5. The fourth-order valence-electron chi connectivity index (χ4n) is 2.06. The number of aliphatic hydroxyl groups is 1. The number of rotatable bonds is 4. The average Bonchev–Trinajstić information content (AvgIpc) is 2.33. The molecule has 0 amide bonds. The number of nitriles is 1. The molecule has 1 atom stereocenters. The summed E-state index contributed by atoms with van der Waals surface area (Å²) in [6, 6.07) is 7.53. The molecule has 3 nitrogen and oxygen atoms in total. The van der Waals surface area contributed by atoms with E-state index in [9.17, 15) is 5.11 Å². The van der Waals surface area contributed by atoms with E-state index in [1.807, 2.05) is 18.2 Å². The van der Waals surface area contributed by atoms with Crippen LogP contribution in [0.5, 0.6) is 0 Å². The Labute approximate surface area is 115 Å². The van der Waals surface area contributed by atoms with Crippen molar-refractivity contribution in [3.05, 3.63) is 42.0 Å². The summed E-state index contributed by atoms with van der Waals surface area (Å²) in [5, 5.41) is 19.0. The molecule has 0 saturated carbocycles. The van der Waals surface area contributed by atoms with Crippen LogP contribution in [0.3, 0.4) is 0 Å². The molecule has 0 heterocycles. The Morgan fingerprint density at radius 3 is 2.53 bits per heavy atom. The van der Waals surface area contributed by atoms with Crippen LogP contribution in [0, 0.1) is 11.3 Å². The molecule has 0 aromatic heterocycles. The van der Waals surface area contributed by atoms with Crippen LogP contribution in [-0.2, 0) is 0 Å². The predicted molar refractivity (Wildman–Crippen MR) is 79.1 cm³/mol. The summed E-state index contributed by atoms with van der Waals surface area (Å²) in [5.74, 6) is 0. The van der Waals surface area contributed by atoms with Crippen LogP contribution in [0.2, 0.25) is 0 Å². The molecule has 102 valence electrons. The molecule has 1 aromatic rings. The maximum atomic E-state index is 9.92. The van der Waals surface area contributed by atoms with Gasteiger partial charge in [-0.1, -0.05) is 12.1 Å². The zero-order valence-electron chi connectivity index (χ0n) is 12.1. The fraction of sp³-hybridized carbons (Fsp3) is 0.438. The minimum atomic E-state index is -0.572. The molecule has 0 radical (unpaired) electrons. The Morgan fingerprint density at radius 2 is 2.11 bits per heavy atom. The lowest BCUT2D eigenvalue weighted by molar-refractivity contribution is 0.199. The van der Waals surface area contributed by atoms with Gasteiger partial charge in [-0.2, -0.15) is 5.26 Å². The van der Waals surface area contributed by atoms with Crippen LogP contribution in [0.1, 0.15) is 44.9 Å². The second-order valence-corrected chi connectivity index (χ2v) is 5.63. The minimum Gasteiger partial charge on any atom is -0.389 e. The van der Waals surface area contributed by atoms with E-state index in [4.69, 9.17) is 5.26 Å². The Kier molecular flexibility index (Phi) is 4.74. The molecule has 0 spiro atoms. The third-order valence-electron chi connectivity index (χ3n) is 3.02. The van der Waals surface area contributed by atoms with Crippen LogP contribution in [-0.4, -0.2) is 17.2 Å². The monoisotopic (exact) mass is 258 g/mol. The summed E-state index contributed by atoms with van der Waals surface area (Å²) >= 11 is 0. The van der Waals surface area contributed by atoms with Crippen molar-refractivity contribution in [1.82, 2.24) is 0 Å².